The zero-order valence-corrected chi connectivity index (χ0v) is 13.9. The fraction of sp³-hybridized carbons (Fsp3) is 0.667. The second-order valence-corrected chi connectivity index (χ2v) is 7.23. The first kappa shape index (κ1) is 16.4. The molecule has 118 valence electrons. The van der Waals surface area contributed by atoms with E-state index in [-0.39, 0.29) is 11.4 Å². The van der Waals surface area contributed by atoms with Crippen molar-refractivity contribution >= 4 is 0 Å². The summed E-state index contributed by atoms with van der Waals surface area (Å²) >= 11 is 0. The van der Waals surface area contributed by atoms with Crippen LogP contribution in [0.4, 0.5) is 4.39 Å². The van der Waals surface area contributed by atoms with Crippen LogP contribution < -0.4 is 5.32 Å². The van der Waals surface area contributed by atoms with E-state index >= 15 is 0 Å². The zero-order chi connectivity index (χ0) is 15.5. The molecule has 1 aromatic carbocycles. The van der Waals surface area contributed by atoms with E-state index in [1.165, 1.54) is 12.8 Å². The third kappa shape index (κ3) is 5.40. The molecule has 2 nitrogen and oxygen atoms in total. The highest BCUT2D eigenvalue weighted by Gasteiger charge is 2.28. The van der Waals surface area contributed by atoms with Crippen LogP contribution in [0.2, 0.25) is 0 Å². The first-order valence-corrected chi connectivity index (χ1v) is 8.15. The summed E-state index contributed by atoms with van der Waals surface area (Å²) < 4.78 is 14.1. The Balaban J connectivity index is 2.03. The minimum Gasteiger partial charge on any atom is -0.308 e. The van der Waals surface area contributed by atoms with Crippen LogP contribution in [0.3, 0.4) is 0 Å². The molecule has 3 heteroatoms. The number of benzene rings is 1. The quantitative estimate of drug-likeness (QED) is 0.814. The van der Waals surface area contributed by atoms with Gasteiger partial charge in [-0.1, -0.05) is 19.1 Å². The lowest BCUT2D eigenvalue weighted by molar-refractivity contribution is 0.251. The minimum atomic E-state index is -0.0729. The van der Waals surface area contributed by atoms with Gasteiger partial charge in [0.05, 0.1) is 0 Å². The lowest BCUT2D eigenvalue weighted by atomic mass is 10.1. The molecule has 1 aliphatic rings. The van der Waals surface area contributed by atoms with Crippen LogP contribution in [-0.2, 0) is 13.1 Å². The van der Waals surface area contributed by atoms with E-state index in [1.807, 2.05) is 12.1 Å². The van der Waals surface area contributed by atoms with Crippen molar-refractivity contribution in [3.63, 3.8) is 0 Å². The summed E-state index contributed by atoms with van der Waals surface area (Å²) in [6.07, 6.45) is 3.67. The number of halogens is 1. The Labute approximate surface area is 128 Å². The molecule has 0 spiro atoms. The molecule has 0 aromatic heterocycles. The maximum absolute atomic E-state index is 14.1. The number of rotatable bonds is 7. The monoisotopic (exact) mass is 292 g/mol. The Bertz CT molecular complexity index is 461. The van der Waals surface area contributed by atoms with Crippen molar-refractivity contribution in [3.05, 3.63) is 35.1 Å². The second-order valence-electron chi connectivity index (χ2n) is 7.23. The summed E-state index contributed by atoms with van der Waals surface area (Å²) in [5, 5.41) is 3.46. The number of hydrogen-bond donors (Lipinski definition) is 1. The van der Waals surface area contributed by atoms with E-state index in [9.17, 15) is 4.39 Å². The molecule has 1 aliphatic carbocycles. The lowest BCUT2D eigenvalue weighted by Crippen LogP contribution is -2.35. The fourth-order valence-electron chi connectivity index (χ4n) is 2.56. The highest BCUT2D eigenvalue weighted by Crippen LogP contribution is 2.29. The van der Waals surface area contributed by atoms with Gasteiger partial charge in [-0.15, -0.1) is 0 Å². The van der Waals surface area contributed by atoms with Crippen molar-refractivity contribution in [2.24, 2.45) is 0 Å². The van der Waals surface area contributed by atoms with Gasteiger partial charge in [-0.25, -0.2) is 4.39 Å². The van der Waals surface area contributed by atoms with Gasteiger partial charge in [0.1, 0.15) is 5.82 Å². The normalized spacial score (nSPS) is 15.7. The van der Waals surface area contributed by atoms with Gasteiger partial charge in [0, 0.05) is 30.2 Å². The van der Waals surface area contributed by atoms with E-state index in [0.717, 1.165) is 37.2 Å². The van der Waals surface area contributed by atoms with Crippen LogP contribution in [0.25, 0.3) is 0 Å². The predicted molar refractivity (Wildman–Crippen MR) is 86.7 cm³/mol. The third-order valence-corrected chi connectivity index (χ3v) is 3.88. The molecule has 0 radical (unpaired) electrons. The smallest absolute Gasteiger partial charge is 0.127 e. The van der Waals surface area contributed by atoms with Gasteiger partial charge >= 0.3 is 0 Å². The number of nitrogens with zero attached hydrogens (tertiary/aromatic N) is 1. The molecule has 0 heterocycles. The Hall–Kier alpha value is -0.930. The molecule has 1 fully saturated rings. The molecule has 1 N–H and O–H groups in total. The maximum atomic E-state index is 14.1. The predicted octanol–water partition coefficient (Wildman–Crippen LogP) is 4.09. The van der Waals surface area contributed by atoms with Crippen molar-refractivity contribution in [2.75, 3.05) is 6.54 Å². The van der Waals surface area contributed by atoms with E-state index in [2.05, 4.69) is 37.9 Å². The summed E-state index contributed by atoms with van der Waals surface area (Å²) in [4.78, 5) is 2.43. The Morgan fingerprint density at radius 2 is 2.00 bits per heavy atom. The van der Waals surface area contributed by atoms with Crippen LogP contribution in [0, 0.1) is 5.82 Å². The topological polar surface area (TPSA) is 15.3 Å². The zero-order valence-electron chi connectivity index (χ0n) is 13.9. The van der Waals surface area contributed by atoms with Crippen molar-refractivity contribution in [3.8, 4) is 0 Å². The molecule has 0 saturated heterocycles. The second kappa shape index (κ2) is 6.89. The van der Waals surface area contributed by atoms with Gasteiger partial charge in [0.15, 0.2) is 0 Å². The van der Waals surface area contributed by atoms with E-state index in [4.69, 9.17) is 0 Å². The van der Waals surface area contributed by atoms with Crippen LogP contribution in [0.1, 0.15) is 58.1 Å². The lowest BCUT2D eigenvalue weighted by Gasteiger charge is -2.23. The van der Waals surface area contributed by atoms with Gasteiger partial charge in [-0.2, -0.15) is 0 Å². The molecular weight excluding hydrogens is 263 g/mol. The molecule has 2 rings (SSSR count). The molecule has 0 aliphatic heterocycles. The van der Waals surface area contributed by atoms with Gasteiger partial charge in [0.2, 0.25) is 0 Å². The van der Waals surface area contributed by atoms with Crippen LogP contribution in [0.15, 0.2) is 18.2 Å². The van der Waals surface area contributed by atoms with Crippen LogP contribution in [-0.4, -0.2) is 23.0 Å². The van der Waals surface area contributed by atoms with E-state index in [0.29, 0.717) is 6.04 Å². The Morgan fingerprint density at radius 3 is 2.57 bits per heavy atom. The SMILES string of the molecule is CCCN(Cc1cc(CNC(C)(C)C)ccc1F)C1CC1. The van der Waals surface area contributed by atoms with Crippen LogP contribution >= 0.6 is 0 Å². The Morgan fingerprint density at radius 1 is 1.29 bits per heavy atom. The average Bonchev–Trinajstić information content (AvgIpc) is 3.22. The van der Waals surface area contributed by atoms with E-state index < -0.39 is 0 Å². The summed E-state index contributed by atoms with van der Waals surface area (Å²) in [6, 6.07) is 6.21. The number of nitrogens with one attached hydrogen (secondary N) is 1. The first-order chi connectivity index (χ1) is 9.89. The fourth-order valence-corrected chi connectivity index (χ4v) is 2.56. The third-order valence-electron chi connectivity index (χ3n) is 3.88. The van der Waals surface area contributed by atoms with Gasteiger partial charge in [0.25, 0.3) is 0 Å². The largest absolute Gasteiger partial charge is 0.308 e. The van der Waals surface area contributed by atoms with Crippen molar-refractivity contribution < 1.29 is 4.39 Å². The number of hydrogen-bond acceptors (Lipinski definition) is 2. The molecule has 21 heavy (non-hydrogen) atoms. The molecule has 1 aromatic rings. The van der Waals surface area contributed by atoms with Gasteiger partial charge in [-0.05, 0) is 58.2 Å². The van der Waals surface area contributed by atoms with Crippen LogP contribution in [0.5, 0.6) is 0 Å². The molecule has 0 amide bonds. The van der Waals surface area contributed by atoms with Crippen molar-refractivity contribution in [1.82, 2.24) is 10.2 Å². The minimum absolute atomic E-state index is 0.0729. The molecular formula is C18H29FN2. The van der Waals surface area contributed by atoms with E-state index in [1.54, 1.807) is 6.07 Å². The van der Waals surface area contributed by atoms with Crippen molar-refractivity contribution in [1.29, 1.82) is 0 Å². The maximum Gasteiger partial charge on any atom is 0.127 e. The van der Waals surface area contributed by atoms with Gasteiger partial charge < -0.3 is 5.32 Å². The summed E-state index contributed by atoms with van der Waals surface area (Å²) in [6.45, 7) is 11.2. The highest BCUT2D eigenvalue weighted by molar-refractivity contribution is 5.25. The highest BCUT2D eigenvalue weighted by atomic mass is 19.1. The Kier molecular flexibility index (Phi) is 5.39. The standard InChI is InChI=1S/C18H29FN2/c1-5-10-21(16-7-8-16)13-15-11-14(6-9-17(15)19)12-20-18(2,3)4/h6,9,11,16,20H,5,7-8,10,12-13H2,1-4H3. The summed E-state index contributed by atoms with van der Waals surface area (Å²) in [7, 11) is 0. The van der Waals surface area contributed by atoms with Crippen molar-refractivity contribution in [2.45, 2.75) is 71.6 Å². The molecule has 0 atom stereocenters. The summed E-state index contributed by atoms with van der Waals surface area (Å²) in [5.41, 5.74) is 2.08. The summed E-state index contributed by atoms with van der Waals surface area (Å²) in [5.74, 6) is -0.0729. The first-order valence-electron chi connectivity index (χ1n) is 8.15. The average molecular weight is 292 g/mol. The van der Waals surface area contributed by atoms with Gasteiger partial charge in [-0.3, -0.25) is 4.90 Å². The molecule has 0 bridgehead atoms. The molecule has 0 unspecified atom stereocenters. The molecule has 1 saturated carbocycles.